The number of aryl methyl sites for hydroxylation is 2. The molecule has 0 spiro atoms. The Balaban J connectivity index is 1.52. The Morgan fingerprint density at radius 2 is 1.77 bits per heavy atom. The summed E-state index contributed by atoms with van der Waals surface area (Å²) in [5.41, 5.74) is 1.07. The normalized spacial score (nSPS) is 15.8. The van der Waals surface area contributed by atoms with Gasteiger partial charge in [0.25, 0.3) is 10.9 Å². The minimum absolute atomic E-state index is 0.0402. The predicted octanol–water partition coefficient (Wildman–Crippen LogP) is 5.80. The monoisotopic (exact) mass is 563 g/mol. The third-order valence-corrected chi connectivity index (χ3v) is 7.60. The molecule has 10 heteroatoms. The Labute approximate surface area is 235 Å². The minimum atomic E-state index is -1.26. The maximum atomic E-state index is 12.7. The van der Waals surface area contributed by atoms with Crippen LogP contribution < -0.4 is 26.4 Å². The van der Waals surface area contributed by atoms with Crippen molar-refractivity contribution in [2.24, 2.45) is 5.41 Å². The van der Waals surface area contributed by atoms with Crippen molar-refractivity contribution < 1.29 is 19.4 Å². The van der Waals surface area contributed by atoms with Gasteiger partial charge < -0.3 is 30.2 Å². The van der Waals surface area contributed by atoms with Crippen LogP contribution in [0.1, 0.15) is 71.6 Å². The summed E-state index contributed by atoms with van der Waals surface area (Å²) in [5, 5.41) is 27.8. The molecule has 0 saturated carbocycles. The summed E-state index contributed by atoms with van der Waals surface area (Å²) in [6, 6.07) is 11.4. The van der Waals surface area contributed by atoms with Crippen LogP contribution in [0.2, 0.25) is 5.02 Å². The van der Waals surface area contributed by atoms with Gasteiger partial charge in [0.2, 0.25) is 0 Å². The smallest absolute Gasteiger partial charge is 0.337 e. The third kappa shape index (κ3) is 4.65. The quantitative estimate of drug-likeness (QED) is 0.206. The van der Waals surface area contributed by atoms with Gasteiger partial charge in [-0.25, -0.2) is 4.79 Å². The van der Waals surface area contributed by atoms with Gasteiger partial charge in [-0.2, -0.15) is 0 Å². The Hall–Kier alpha value is -4.08. The summed E-state index contributed by atoms with van der Waals surface area (Å²) in [4.78, 5) is 38.9. The highest BCUT2D eigenvalue weighted by atomic mass is 35.5. The number of furan rings is 1. The number of aliphatic hydroxyl groups excluding tert-OH is 1. The second-order valence-corrected chi connectivity index (χ2v) is 11.6. The van der Waals surface area contributed by atoms with Crippen molar-refractivity contribution in [3.63, 3.8) is 0 Å². The van der Waals surface area contributed by atoms with E-state index in [2.05, 4.69) is 10.6 Å². The fourth-order valence-corrected chi connectivity index (χ4v) is 5.37. The maximum absolute atomic E-state index is 12.7. The molecule has 0 saturated heterocycles. The lowest BCUT2D eigenvalue weighted by Crippen LogP contribution is -2.39. The number of carboxylic acid groups (broad SMARTS) is 1. The first-order valence-corrected chi connectivity index (χ1v) is 13.2. The number of fused-ring (bicyclic) bond motifs is 1. The summed E-state index contributed by atoms with van der Waals surface area (Å²) in [5.74, 6) is 0.237. The zero-order chi connectivity index (χ0) is 29.1. The zero-order valence-corrected chi connectivity index (χ0v) is 23.5. The van der Waals surface area contributed by atoms with Crippen LogP contribution in [0.25, 0.3) is 0 Å². The largest absolute Gasteiger partial charge is 0.478 e. The number of halogens is 1. The molecule has 1 aliphatic heterocycles. The van der Waals surface area contributed by atoms with Gasteiger partial charge in [0.05, 0.1) is 17.3 Å². The SMILES string of the molecule is Cc1ccc(C(=O)O)c(N2Cc3c(Cl)ccc(Nc4c(N[C@@H](c5ccc(C)o5)C(C)(C)C)c(=O)c4=O)c3C2O)c1. The fourth-order valence-electron chi connectivity index (χ4n) is 5.14. The van der Waals surface area contributed by atoms with Gasteiger partial charge in [0, 0.05) is 22.8 Å². The number of hydrogen-bond acceptors (Lipinski definition) is 8. The Morgan fingerprint density at radius 1 is 1.07 bits per heavy atom. The van der Waals surface area contributed by atoms with Crippen LogP contribution in [0.4, 0.5) is 22.7 Å². The lowest BCUT2D eigenvalue weighted by atomic mass is 9.85. The van der Waals surface area contributed by atoms with Crippen molar-refractivity contribution in [2.75, 3.05) is 15.5 Å². The molecule has 0 bridgehead atoms. The van der Waals surface area contributed by atoms with Crippen molar-refractivity contribution in [2.45, 2.75) is 53.4 Å². The number of rotatable bonds is 7. The Morgan fingerprint density at radius 3 is 2.40 bits per heavy atom. The molecule has 4 aromatic rings. The van der Waals surface area contributed by atoms with E-state index in [0.717, 1.165) is 11.3 Å². The number of hydrogen-bond donors (Lipinski definition) is 4. The lowest BCUT2D eigenvalue weighted by Gasteiger charge is -2.32. The first-order chi connectivity index (χ1) is 18.8. The van der Waals surface area contributed by atoms with Crippen molar-refractivity contribution in [1.29, 1.82) is 0 Å². The number of aromatic carboxylic acids is 1. The van der Waals surface area contributed by atoms with E-state index in [-0.39, 0.29) is 28.9 Å². The van der Waals surface area contributed by atoms with Gasteiger partial charge in [-0.05, 0) is 66.8 Å². The summed E-state index contributed by atoms with van der Waals surface area (Å²) in [6.07, 6.45) is -1.26. The molecule has 5 rings (SSSR count). The van der Waals surface area contributed by atoms with E-state index in [4.69, 9.17) is 16.0 Å². The van der Waals surface area contributed by atoms with E-state index in [1.54, 1.807) is 29.2 Å². The molecule has 2 heterocycles. The first kappa shape index (κ1) is 27.5. The van der Waals surface area contributed by atoms with E-state index in [1.165, 1.54) is 6.07 Å². The molecule has 40 heavy (non-hydrogen) atoms. The van der Waals surface area contributed by atoms with Gasteiger partial charge in [-0.1, -0.05) is 38.4 Å². The molecular weight excluding hydrogens is 534 g/mol. The maximum Gasteiger partial charge on any atom is 0.337 e. The van der Waals surface area contributed by atoms with Crippen molar-refractivity contribution >= 4 is 40.3 Å². The highest BCUT2D eigenvalue weighted by molar-refractivity contribution is 6.31. The number of aliphatic hydroxyl groups is 1. The van der Waals surface area contributed by atoms with Crippen molar-refractivity contribution in [3.05, 3.63) is 102 Å². The van der Waals surface area contributed by atoms with E-state index in [9.17, 15) is 24.6 Å². The molecule has 0 fully saturated rings. The summed E-state index contributed by atoms with van der Waals surface area (Å²) >= 11 is 6.51. The first-order valence-electron chi connectivity index (χ1n) is 12.8. The van der Waals surface area contributed by atoms with Gasteiger partial charge in [0.15, 0.2) is 6.23 Å². The molecule has 9 nitrogen and oxygen atoms in total. The van der Waals surface area contributed by atoms with E-state index >= 15 is 0 Å². The highest BCUT2D eigenvalue weighted by Gasteiger charge is 2.37. The topological polar surface area (TPSA) is 132 Å². The second kappa shape index (κ2) is 9.83. The van der Waals surface area contributed by atoms with Crippen molar-refractivity contribution in [3.8, 4) is 0 Å². The Kier molecular flexibility index (Phi) is 6.76. The lowest BCUT2D eigenvalue weighted by molar-refractivity contribution is 0.0697. The summed E-state index contributed by atoms with van der Waals surface area (Å²) < 4.78 is 5.84. The molecule has 1 unspecified atom stereocenters. The van der Waals surface area contributed by atoms with Crippen LogP contribution in [0.5, 0.6) is 0 Å². The number of carbonyl (C=O) groups is 1. The van der Waals surface area contributed by atoms with E-state index in [0.29, 0.717) is 33.3 Å². The zero-order valence-electron chi connectivity index (χ0n) is 22.8. The summed E-state index contributed by atoms with van der Waals surface area (Å²) in [6.45, 7) is 9.80. The minimum Gasteiger partial charge on any atom is -0.478 e. The van der Waals surface area contributed by atoms with Gasteiger partial charge >= 0.3 is 5.97 Å². The summed E-state index contributed by atoms with van der Waals surface area (Å²) in [7, 11) is 0. The third-order valence-electron chi connectivity index (χ3n) is 7.25. The molecule has 3 aromatic carbocycles. The molecule has 1 aliphatic rings. The fraction of sp³-hybridized carbons (Fsp3) is 0.300. The van der Waals surface area contributed by atoms with E-state index in [1.807, 2.05) is 46.8 Å². The standard InChI is InChI=1S/C30H30ClN3O6/c1-14-6-8-16(29(38)39)20(12-14)34-13-17-18(31)9-10-19(22(17)28(34)37)32-23-24(26(36)25(23)35)33-27(30(3,4)5)21-11-7-15(2)40-21/h6-12,27-28,32-33,37H,13H2,1-5H3,(H,38,39)/t27-,28?/m0/s1. The Bertz CT molecular complexity index is 1710. The molecule has 1 aromatic heterocycles. The molecular formula is C30H30ClN3O6. The number of anilines is 4. The number of nitrogens with zero attached hydrogens (tertiary/aromatic N) is 1. The average molecular weight is 564 g/mol. The van der Waals surface area contributed by atoms with Crippen LogP contribution in [0, 0.1) is 19.3 Å². The van der Waals surface area contributed by atoms with Crippen LogP contribution in [0.15, 0.2) is 56.5 Å². The molecule has 0 radical (unpaired) electrons. The van der Waals surface area contributed by atoms with Crippen LogP contribution in [-0.2, 0) is 6.54 Å². The van der Waals surface area contributed by atoms with Crippen LogP contribution in [-0.4, -0.2) is 16.2 Å². The molecule has 208 valence electrons. The van der Waals surface area contributed by atoms with Gasteiger partial charge in [-0.15, -0.1) is 0 Å². The number of benzene rings is 2. The number of carboxylic acids is 1. The van der Waals surface area contributed by atoms with Gasteiger partial charge in [0.1, 0.15) is 22.9 Å². The van der Waals surface area contributed by atoms with Gasteiger partial charge in [-0.3, -0.25) is 9.59 Å². The molecule has 0 amide bonds. The van der Waals surface area contributed by atoms with E-state index < -0.39 is 29.1 Å². The highest BCUT2D eigenvalue weighted by Crippen LogP contribution is 2.45. The van der Waals surface area contributed by atoms with Crippen LogP contribution in [0.3, 0.4) is 0 Å². The average Bonchev–Trinajstić information content (AvgIpc) is 3.47. The molecule has 2 atom stereocenters. The molecule has 4 N–H and O–H groups in total. The second-order valence-electron chi connectivity index (χ2n) is 11.2. The van der Waals surface area contributed by atoms with Crippen LogP contribution >= 0.6 is 11.6 Å². The number of nitrogens with one attached hydrogen (secondary N) is 2. The predicted molar refractivity (Wildman–Crippen MR) is 155 cm³/mol. The van der Waals surface area contributed by atoms with Crippen molar-refractivity contribution in [1.82, 2.24) is 0 Å². The molecule has 0 aliphatic carbocycles.